The number of amides is 1. The van der Waals surface area contributed by atoms with Crippen LogP contribution in [0.5, 0.6) is 0 Å². The van der Waals surface area contributed by atoms with Crippen LogP contribution in [0.1, 0.15) is 29.8 Å². The Hall–Kier alpha value is -1.81. The number of carbonyl (C=O) groups excluding carboxylic acids is 1. The van der Waals surface area contributed by atoms with Gasteiger partial charge in [-0.3, -0.25) is 4.79 Å². The number of aromatic nitrogens is 1. The zero-order valence-electron chi connectivity index (χ0n) is 12.9. The fraction of sp³-hybridized carbons (Fsp3) is 0.500. The van der Waals surface area contributed by atoms with Crippen molar-refractivity contribution in [2.24, 2.45) is 11.8 Å². The number of benzene rings is 1. The van der Waals surface area contributed by atoms with Crippen LogP contribution < -0.4 is 0 Å². The van der Waals surface area contributed by atoms with Crippen molar-refractivity contribution in [1.29, 1.82) is 0 Å². The van der Waals surface area contributed by atoms with Crippen molar-refractivity contribution < 1.29 is 9.53 Å². The third-order valence-corrected chi connectivity index (χ3v) is 5.38. The van der Waals surface area contributed by atoms with Crippen LogP contribution in [-0.4, -0.2) is 42.1 Å². The third-order valence-electron chi connectivity index (χ3n) is 5.38. The molecule has 1 aliphatic heterocycles. The molecule has 1 aromatic carbocycles. The highest BCUT2D eigenvalue weighted by Crippen LogP contribution is 2.38. The minimum Gasteiger partial charge on any atom is -0.381 e. The Balaban J connectivity index is 1.56. The van der Waals surface area contributed by atoms with E-state index in [4.69, 9.17) is 4.74 Å². The highest BCUT2D eigenvalue weighted by Gasteiger charge is 2.42. The molecule has 0 spiro atoms. The number of fused-ring (bicyclic) bond motifs is 2. The lowest BCUT2D eigenvalue weighted by Gasteiger charge is -2.31. The van der Waals surface area contributed by atoms with E-state index >= 15 is 0 Å². The van der Waals surface area contributed by atoms with Crippen LogP contribution in [0.15, 0.2) is 30.3 Å². The monoisotopic (exact) mass is 298 g/mol. The Labute approximate surface area is 130 Å². The number of hydrogen-bond acceptors (Lipinski definition) is 2. The fourth-order valence-electron chi connectivity index (χ4n) is 4.24. The summed E-state index contributed by atoms with van der Waals surface area (Å²) in [5.74, 6) is 1.24. The van der Waals surface area contributed by atoms with E-state index in [1.807, 2.05) is 35.2 Å². The van der Waals surface area contributed by atoms with Crippen LogP contribution in [0.4, 0.5) is 0 Å². The van der Waals surface area contributed by atoms with Crippen LogP contribution in [0, 0.1) is 11.8 Å². The molecule has 1 amide bonds. The molecule has 1 aliphatic carbocycles. The van der Waals surface area contributed by atoms with Gasteiger partial charge in [0.15, 0.2) is 0 Å². The first kappa shape index (κ1) is 13.8. The highest BCUT2D eigenvalue weighted by molar-refractivity contribution is 5.98. The molecule has 2 fully saturated rings. The SMILES string of the molecule is CO[C@@H]1CCC[C@@H]2CN(C(=O)c3cc4ccccc4[nH]3)C[C@@H]21. The molecule has 1 aromatic heterocycles. The molecule has 2 heterocycles. The summed E-state index contributed by atoms with van der Waals surface area (Å²) in [4.78, 5) is 18.1. The van der Waals surface area contributed by atoms with Gasteiger partial charge in [0.2, 0.25) is 0 Å². The molecule has 4 rings (SSSR count). The minimum absolute atomic E-state index is 0.125. The van der Waals surface area contributed by atoms with E-state index in [-0.39, 0.29) is 5.91 Å². The van der Waals surface area contributed by atoms with E-state index in [9.17, 15) is 4.79 Å². The molecule has 1 saturated carbocycles. The summed E-state index contributed by atoms with van der Waals surface area (Å²) in [6, 6.07) is 10.00. The normalized spacial score (nSPS) is 28.0. The van der Waals surface area contributed by atoms with Crippen LogP contribution in [0.25, 0.3) is 10.9 Å². The van der Waals surface area contributed by atoms with Crippen LogP contribution >= 0.6 is 0 Å². The molecule has 2 aliphatic rings. The van der Waals surface area contributed by atoms with E-state index in [0.717, 1.165) is 30.4 Å². The third kappa shape index (κ3) is 2.22. The van der Waals surface area contributed by atoms with E-state index in [2.05, 4.69) is 4.98 Å². The van der Waals surface area contributed by atoms with Crippen LogP contribution in [0.2, 0.25) is 0 Å². The predicted octanol–water partition coefficient (Wildman–Crippen LogP) is 3.06. The molecule has 3 atom stereocenters. The molecule has 4 heteroatoms. The van der Waals surface area contributed by atoms with E-state index in [0.29, 0.717) is 23.6 Å². The standard InChI is InChI=1S/C18H22N2O2/c1-22-17-8-4-6-13-10-20(11-14(13)17)18(21)16-9-12-5-2-3-7-15(12)19-16/h2-3,5,7,9,13-14,17,19H,4,6,8,10-11H2,1H3/t13-,14+,17-/m1/s1. The van der Waals surface area contributed by atoms with E-state index in [1.54, 1.807) is 7.11 Å². The molecule has 22 heavy (non-hydrogen) atoms. The molecule has 116 valence electrons. The maximum atomic E-state index is 12.8. The zero-order chi connectivity index (χ0) is 15.1. The van der Waals surface area contributed by atoms with Crippen molar-refractivity contribution in [2.45, 2.75) is 25.4 Å². The number of ether oxygens (including phenoxy) is 1. The lowest BCUT2D eigenvalue weighted by molar-refractivity contribution is 0.0126. The average Bonchev–Trinajstić information content (AvgIpc) is 3.17. The first-order chi connectivity index (χ1) is 10.8. The van der Waals surface area contributed by atoms with Crippen molar-refractivity contribution in [3.8, 4) is 0 Å². The van der Waals surface area contributed by atoms with Gasteiger partial charge < -0.3 is 14.6 Å². The van der Waals surface area contributed by atoms with Gasteiger partial charge in [0, 0.05) is 37.0 Å². The molecule has 2 aromatic rings. The van der Waals surface area contributed by atoms with Gasteiger partial charge in [0.25, 0.3) is 5.91 Å². The van der Waals surface area contributed by atoms with Gasteiger partial charge in [-0.25, -0.2) is 0 Å². The molecular formula is C18H22N2O2. The van der Waals surface area contributed by atoms with Gasteiger partial charge in [-0.15, -0.1) is 0 Å². The quantitative estimate of drug-likeness (QED) is 0.926. The van der Waals surface area contributed by atoms with Crippen LogP contribution in [0.3, 0.4) is 0 Å². The van der Waals surface area contributed by atoms with E-state index in [1.165, 1.54) is 12.8 Å². The zero-order valence-corrected chi connectivity index (χ0v) is 12.9. The number of para-hydroxylation sites is 1. The Bertz CT molecular complexity index is 660. The van der Waals surface area contributed by atoms with Gasteiger partial charge in [0.05, 0.1) is 6.10 Å². The fourth-order valence-corrected chi connectivity index (χ4v) is 4.24. The second-order valence-corrected chi connectivity index (χ2v) is 6.61. The summed E-state index contributed by atoms with van der Waals surface area (Å²) >= 11 is 0. The number of aromatic amines is 1. The Morgan fingerprint density at radius 1 is 1.27 bits per heavy atom. The van der Waals surface area contributed by atoms with Crippen molar-refractivity contribution in [1.82, 2.24) is 9.88 Å². The van der Waals surface area contributed by atoms with Crippen LogP contribution in [-0.2, 0) is 4.74 Å². The lowest BCUT2D eigenvalue weighted by Crippen LogP contribution is -2.33. The first-order valence-electron chi connectivity index (χ1n) is 8.16. The molecule has 1 N–H and O–H groups in total. The summed E-state index contributed by atoms with van der Waals surface area (Å²) in [5.41, 5.74) is 1.73. The summed E-state index contributed by atoms with van der Waals surface area (Å²) < 4.78 is 5.64. The summed E-state index contributed by atoms with van der Waals surface area (Å²) in [5, 5.41) is 1.09. The summed E-state index contributed by atoms with van der Waals surface area (Å²) in [6.45, 7) is 1.70. The van der Waals surface area contributed by atoms with Gasteiger partial charge in [-0.1, -0.05) is 24.6 Å². The maximum absolute atomic E-state index is 12.8. The Kier molecular flexibility index (Phi) is 3.41. The van der Waals surface area contributed by atoms with Crippen molar-refractivity contribution in [3.63, 3.8) is 0 Å². The van der Waals surface area contributed by atoms with Gasteiger partial charge in [0.1, 0.15) is 5.69 Å². The number of carbonyl (C=O) groups is 1. The topological polar surface area (TPSA) is 45.3 Å². The van der Waals surface area contributed by atoms with Gasteiger partial charge in [-0.05, 0) is 30.9 Å². The number of rotatable bonds is 2. The largest absolute Gasteiger partial charge is 0.381 e. The van der Waals surface area contributed by atoms with E-state index < -0.39 is 0 Å². The first-order valence-corrected chi connectivity index (χ1v) is 8.16. The van der Waals surface area contributed by atoms with Crippen molar-refractivity contribution in [3.05, 3.63) is 36.0 Å². The van der Waals surface area contributed by atoms with Gasteiger partial charge >= 0.3 is 0 Å². The lowest BCUT2D eigenvalue weighted by atomic mass is 9.79. The molecule has 4 nitrogen and oxygen atoms in total. The second-order valence-electron chi connectivity index (χ2n) is 6.61. The van der Waals surface area contributed by atoms with Crippen molar-refractivity contribution in [2.75, 3.05) is 20.2 Å². The molecule has 0 bridgehead atoms. The molecule has 0 radical (unpaired) electrons. The highest BCUT2D eigenvalue weighted by atomic mass is 16.5. The number of likely N-dealkylation sites (tertiary alicyclic amines) is 1. The second kappa shape index (κ2) is 5.43. The Morgan fingerprint density at radius 2 is 2.14 bits per heavy atom. The smallest absolute Gasteiger partial charge is 0.270 e. The average molecular weight is 298 g/mol. The minimum atomic E-state index is 0.125. The number of methoxy groups -OCH3 is 1. The summed E-state index contributed by atoms with van der Waals surface area (Å²) in [7, 11) is 1.80. The number of hydrogen-bond donors (Lipinski definition) is 1. The summed E-state index contributed by atoms with van der Waals surface area (Å²) in [6.07, 6.45) is 3.89. The maximum Gasteiger partial charge on any atom is 0.270 e. The number of nitrogens with one attached hydrogen (secondary N) is 1. The predicted molar refractivity (Wildman–Crippen MR) is 85.8 cm³/mol. The Morgan fingerprint density at radius 3 is 2.95 bits per heavy atom. The molecular weight excluding hydrogens is 276 g/mol. The van der Waals surface area contributed by atoms with Gasteiger partial charge in [-0.2, -0.15) is 0 Å². The molecule has 1 saturated heterocycles. The number of nitrogens with zero attached hydrogens (tertiary/aromatic N) is 1. The van der Waals surface area contributed by atoms with Crippen molar-refractivity contribution >= 4 is 16.8 Å². The number of H-pyrrole nitrogens is 1. The molecule has 0 unspecified atom stereocenters.